The van der Waals surface area contributed by atoms with Crippen molar-refractivity contribution in [3.8, 4) is 0 Å². The van der Waals surface area contributed by atoms with Gasteiger partial charge in [0.1, 0.15) is 0 Å². The number of nitrogen functional groups attached to an aromatic ring is 1. The third kappa shape index (κ3) is 2.97. The highest BCUT2D eigenvalue weighted by molar-refractivity contribution is 6.42. The van der Waals surface area contributed by atoms with E-state index in [-0.39, 0.29) is 0 Å². The highest BCUT2D eigenvalue weighted by Crippen LogP contribution is 2.32. The molecular weight excluding hydrogens is 279 g/mol. The quantitative estimate of drug-likeness (QED) is 0.765. The maximum absolute atomic E-state index is 5.93. The molecule has 0 heterocycles. The average Bonchev–Trinajstić information content (AvgIpc) is 2.29. The highest BCUT2D eigenvalue weighted by atomic mass is 35.5. The van der Waals surface area contributed by atoms with Gasteiger partial charge in [-0.2, -0.15) is 0 Å². The molecular formula is C12H9Cl3N2. The first-order valence-electron chi connectivity index (χ1n) is 4.83. The lowest BCUT2D eigenvalue weighted by Gasteiger charge is -2.10. The summed E-state index contributed by atoms with van der Waals surface area (Å²) < 4.78 is 0. The molecule has 0 saturated heterocycles. The van der Waals surface area contributed by atoms with Crippen LogP contribution in [0, 0.1) is 0 Å². The van der Waals surface area contributed by atoms with Crippen LogP contribution in [0.4, 0.5) is 17.1 Å². The van der Waals surface area contributed by atoms with Crippen molar-refractivity contribution in [3.05, 3.63) is 51.5 Å². The predicted octanol–water partition coefficient (Wildman–Crippen LogP) is 4.97. The van der Waals surface area contributed by atoms with Gasteiger partial charge in [-0.15, -0.1) is 0 Å². The summed E-state index contributed by atoms with van der Waals surface area (Å²) >= 11 is 17.6. The normalized spacial score (nSPS) is 10.3. The minimum Gasteiger partial charge on any atom is -0.397 e. The van der Waals surface area contributed by atoms with E-state index in [1.807, 2.05) is 12.1 Å². The molecule has 0 amide bonds. The van der Waals surface area contributed by atoms with Crippen LogP contribution in [0.25, 0.3) is 0 Å². The van der Waals surface area contributed by atoms with Gasteiger partial charge in [-0.05, 0) is 36.4 Å². The summed E-state index contributed by atoms with van der Waals surface area (Å²) in [7, 11) is 0. The molecule has 0 saturated carbocycles. The van der Waals surface area contributed by atoms with Gasteiger partial charge in [0.2, 0.25) is 0 Å². The molecule has 3 N–H and O–H groups in total. The van der Waals surface area contributed by atoms with Crippen LogP contribution >= 0.6 is 34.8 Å². The molecule has 2 rings (SSSR count). The first-order valence-corrected chi connectivity index (χ1v) is 5.97. The Hall–Kier alpha value is -1.09. The van der Waals surface area contributed by atoms with Gasteiger partial charge in [0.25, 0.3) is 0 Å². The Balaban J connectivity index is 2.30. The zero-order valence-corrected chi connectivity index (χ0v) is 10.9. The Morgan fingerprint density at radius 1 is 0.882 bits per heavy atom. The van der Waals surface area contributed by atoms with E-state index in [1.165, 1.54) is 0 Å². The van der Waals surface area contributed by atoms with Crippen molar-refractivity contribution >= 4 is 51.9 Å². The summed E-state index contributed by atoms with van der Waals surface area (Å²) in [5.74, 6) is 0. The topological polar surface area (TPSA) is 38.0 Å². The molecule has 0 spiro atoms. The van der Waals surface area contributed by atoms with E-state index in [0.717, 1.165) is 5.69 Å². The molecule has 88 valence electrons. The van der Waals surface area contributed by atoms with Gasteiger partial charge in [0.05, 0.1) is 21.4 Å². The number of benzene rings is 2. The van der Waals surface area contributed by atoms with Crippen LogP contribution in [0.2, 0.25) is 15.1 Å². The van der Waals surface area contributed by atoms with Gasteiger partial charge in [-0.3, -0.25) is 0 Å². The molecule has 2 aromatic rings. The molecule has 0 aliphatic carbocycles. The van der Waals surface area contributed by atoms with E-state index < -0.39 is 0 Å². The summed E-state index contributed by atoms with van der Waals surface area (Å²) in [6, 6.07) is 10.6. The fourth-order valence-electron chi connectivity index (χ4n) is 1.36. The minimum absolute atomic E-state index is 0.436. The van der Waals surface area contributed by atoms with E-state index in [2.05, 4.69) is 5.32 Å². The monoisotopic (exact) mass is 286 g/mol. The molecule has 0 aromatic heterocycles. The number of halogens is 3. The van der Waals surface area contributed by atoms with E-state index >= 15 is 0 Å². The molecule has 0 aliphatic rings. The van der Waals surface area contributed by atoms with Crippen LogP contribution in [0.3, 0.4) is 0 Å². The second-order valence-electron chi connectivity index (χ2n) is 3.49. The van der Waals surface area contributed by atoms with Gasteiger partial charge in [-0.25, -0.2) is 0 Å². The predicted molar refractivity (Wildman–Crippen MR) is 75.6 cm³/mol. The molecule has 0 bridgehead atoms. The Labute approximate surface area is 114 Å². The Morgan fingerprint density at radius 2 is 1.47 bits per heavy atom. The van der Waals surface area contributed by atoms with Gasteiger partial charge < -0.3 is 11.1 Å². The van der Waals surface area contributed by atoms with Crippen LogP contribution in [-0.4, -0.2) is 0 Å². The number of nitrogens with two attached hydrogens (primary N) is 1. The molecule has 0 radical (unpaired) electrons. The second-order valence-corrected chi connectivity index (χ2v) is 4.74. The Kier molecular flexibility index (Phi) is 3.67. The van der Waals surface area contributed by atoms with Crippen LogP contribution in [0.15, 0.2) is 36.4 Å². The minimum atomic E-state index is 0.436. The smallest absolute Gasteiger partial charge is 0.0633 e. The fourth-order valence-corrected chi connectivity index (χ4v) is 1.82. The zero-order chi connectivity index (χ0) is 12.4. The Morgan fingerprint density at radius 3 is 2.12 bits per heavy atom. The number of anilines is 3. The average molecular weight is 288 g/mol. The lowest BCUT2D eigenvalue weighted by Crippen LogP contribution is -1.96. The van der Waals surface area contributed by atoms with Gasteiger partial charge in [0.15, 0.2) is 0 Å². The SMILES string of the molecule is Nc1cc(Cl)c(Cl)cc1Nc1ccc(Cl)cc1. The zero-order valence-electron chi connectivity index (χ0n) is 8.68. The van der Waals surface area contributed by atoms with Crippen molar-refractivity contribution in [2.24, 2.45) is 0 Å². The van der Waals surface area contributed by atoms with Gasteiger partial charge in [0, 0.05) is 10.7 Å². The second kappa shape index (κ2) is 5.05. The van der Waals surface area contributed by atoms with Crippen molar-refractivity contribution in [1.29, 1.82) is 0 Å². The van der Waals surface area contributed by atoms with Crippen LogP contribution < -0.4 is 11.1 Å². The van der Waals surface area contributed by atoms with Crippen molar-refractivity contribution in [2.45, 2.75) is 0 Å². The standard InChI is InChI=1S/C12H9Cl3N2/c13-7-1-3-8(4-2-7)17-12-6-10(15)9(14)5-11(12)16/h1-6,17H,16H2. The number of hydrogen-bond donors (Lipinski definition) is 2. The number of rotatable bonds is 2. The first-order chi connectivity index (χ1) is 8.06. The summed E-state index contributed by atoms with van der Waals surface area (Å²) in [6.07, 6.45) is 0. The summed E-state index contributed by atoms with van der Waals surface area (Å²) in [5.41, 5.74) is 7.96. The lowest BCUT2D eigenvalue weighted by atomic mass is 10.2. The number of hydrogen-bond acceptors (Lipinski definition) is 2. The molecule has 0 atom stereocenters. The lowest BCUT2D eigenvalue weighted by molar-refractivity contribution is 1.54. The molecule has 17 heavy (non-hydrogen) atoms. The summed E-state index contributed by atoms with van der Waals surface area (Å²) in [5, 5.41) is 4.71. The summed E-state index contributed by atoms with van der Waals surface area (Å²) in [4.78, 5) is 0. The van der Waals surface area contributed by atoms with Crippen molar-refractivity contribution < 1.29 is 0 Å². The van der Waals surface area contributed by atoms with Crippen molar-refractivity contribution in [3.63, 3.8) is 0 Å². The third-order valence-electron chi connectivity index (χ3n) is 2.22. The number of nitrogens with one attached hydrogen (secondary N) is 1. The molecule has 2 aromatic carbocycles. The summed E-state index contributed by atoms with van der Waals surface area (Å²) in [6.45, 7) is 0. The molecule has 0 unspecified atom stereocenters. The molecule has 0 fully saturated rings. The highest BCUT2D eigenvalue weighted by Gasteiger charge is 2.05. The van der Waals surface area contributed by atoms with E-state index in [4.69, 9.17) is 40.5 Å². The molecule has 2 nitrogen and oxygen atoms in total. The van der Waals surface area contributed by atoms with Crippen LogP contribution in [0.5, 0.6) is 0 Å². The van der Waals surface area contributed by atoms with E-state index in [9.17, 15) is 0 Å². The molecule has 0 aliphatic heterocycles. The van der Waals surface area contributed by atoms with Crippen molar-refractivity contribution in [1.82, 2.24) is 0 Å². The fraction of sp³-hybridized carbons (Fsp3) is 0. The first kappa shape index (κ1) is 12.4. The Bertz CT molecular complexity index is 538. The molecule has 5 heteroatoms. The van der Waals surface area contributed by atoms with Crippen LogP contribution in [0.1, 0.15) is 0 Å². The maximum atomic E-state index is 5.93. The van der Waals surface area contributed by atoms with E-state index in [1.54, 1.807) is 24.3 Å². The largest absolute Gasteiger partial charge is 0.397 e. The van der Waals surface area contributed by atoms with Gasteiger partial charge in [-0.1, -0.05) is 34.8 Å². The third-order valence-corrected chi connectivity index (χ3v) is 3.19. The van der Waals surface area contributed by atoms with E-state index in [0.29, 0.717) is 26.4 Å². The van der Waals surface area contributed by atoms with Crippen LogP contribution in [-0.2, 0) is 0 Å². The van der Waals surface area contributed by atoms with Gasteiger partial charge >= 0.3 is 0 Å². The maximum Gasteiger partial charge on any atom is 0.0633 e. The van der Waals surface area contributed by atoms with Crippen molar-refractivity contribution in [2.75, 3.05) is 11.1 Å².